The molecule has 0 aliphatic rings. The standard InChI is InChI=1S/C32H28N6O10S2/c1-11(39)33-19-9-23(45)21(35-13(3)41)7-17(19)31-37-25-27(47-15(5)43)30-26(28(29(25)49-31)48-16(6)44)38-32(50-30)18-8-22(36-14(4)42)24(46)10-20(18)34-12(2)40/h7-10,45-46H,1-6H3,(H,33,39)(H,34,40)(H,35,41)(H,36,42). The number of anilines is 4. The molecule has 0 spiro atoms. The van der Waals surface area contributed by atoms with Gasteiger partial charge in [0.2, 0.25) is 23.6 Å². The second kappa shape index (κ2) is 13.8. The normalized spacial score (nSPS) is 10.8. The van der Waals surface area contributed by atoms with Crippen LogP contribution in [0, 0.1) is 0 Å². The number of amides is 4. The summed E-state index contributed by atoms with van der Waals surface area (Å²) in [6.45, 7) is 7.38. The highest BCUT2D eigenvalue weighted by Gasteiger charge is 2.29. The van der Waals surface area contributed by atoms with Gasteiger partial charge in [-0.05, 0) is 12.1 Å². The van der Waals surface area contributed by atoms with Crippen molar-refractivity contribution in [3.05, 3.63) is 24.3 Å². The number of carbonyl (C=O) groups excluding carboxylic acids is 6. The van der Waals surface area contributed by atoms with E-state index < -0.39 is 35.6 Å². The summed E-state index contributed by atoms with van der Waals surface area (Å²) < 4.78 is 11.8. The van der Waals surface area contributed by atoms with E-state index >= 15 is 0 Å². The fraction of sp³-hybridized carbons (Fsp3) is 0.188. The third-order valence-electron chi connectivity index (χ3n) is 6.56. The molecule has 0 atom stereocenters. The first-order chi connectivity index (χ1) is 23.5. The number of fused-ring (bicyclic) bond motifs is 2. The molecule has 2 heterocycles. The van der Waals surface area contributed by atoms with Crippen LogP contribution in [0.3, 0.4) is 0 Å². The van der Waals surface area contributed by atoms with Crippen molar-refractivity contribution in [2.24, 2.45) is 0 Å². The molecule has 0 saturated heterocycles. The monoisotopic (exact) mass is 720 g/mol. The van der Waals surface area contributed by atoms with Crippen LogP contribution in [0.15, 0.2) is 24.3 Å². The smallest absolute Gasteiger partial charge is 0.308 e. The molecule has 0 bridgehead atoms. The van der Waals surface area contributed by atoms with Crippen LogP contribution < -0.4 is 30.7 Å². The maximum atomic E-state index is 12.5. The van der Waals surface area contributed by atoms with Crippen molar-refractivity contribution in [2.75, 3.05) is 21.3 Å². The van der Waals surface area contributed by atoms with Gasteiger partial charge in [0.05, 0.1) is 22.7 Å². The Labute approximate surface area is 290 Å². The maximum Gasteiger partial charge on any atom is 0.308 e. The van der Waals surface area contributed by atoms with Gasteiger partial charge in [0.15, 0.2) is 11.5 Å². The van der Waals surface area contributed by atoms with Gasteiger partial charge in [-0.3, -0.25) is 28.8 Å². The van der Waals surface area contributed by atoms with Gasteiger partial charge >= 0.3 is 11.9 Å². The molecule has 258 valence electrons. The summed E-state index contributed by atoms with van der Waals surface area (Å²) in [6.07, 6.45) is 0. The molecule has 0 radical (unpaired) electrons. The van der Waals surface area contributed by atoms with Crippen molar-refractivity contribution in [3.63, 3.8) is 0 Å². The van der Waals surface area contributed by atoms with E-state index in [1.54, 1.807) is 0 Å². The average Bonchev–Trinajstić information content (AvgIpc) is 3.62. The number of benzene rings is 3. The van der Waals surface area contributed by atoms with Crippen LogP contribution in [0.25, 0.3) is 41.6 Å². The molecule has 0 aliphatic carbocycles. The van der Waals surface area contributed by atoms with E-state index in [0.29, 0.717) is 0 Å². The number of aromatic nitrogens is 2. The average molecular weight is 721 g/mol. The van der Waals surface area contributed by atoms with E-state index in [2.05, 4.69) is 21.3 Å². The summed E-state index contributed by atoms with van der Waals surface area (Å²) in [5.74, 6) is -4.07. The summed E-state index contributed by atoms with van der Waals surface area (Å²) >= 11 is 1.96. The van der Waals surface area contributed by atoms with Gasteiger partial charge in [0, 0.05) is 64.8 Å². The fourth-order valence-electron chi connectivity index (χ4n) is 4.87. The molecule has 0 fully saturated rings. The Hall–Kier alpha value is -6.14. The summed E-state index contributed by atoms with van der Waals surface area (Å²) in [5.41, 5.74) is 1.01. The molecule has 5 rings (SSSR count). The first-order valence-corrected chi connectivity index (χ1v) is 16.1. The molecule has 0 saturated carbocycles. The van der Waals surface area contributed by atoms with E-state index in [9.17, 15) is 39.0 Å². The van der Waals surface area contributed by atoms with Crippen molar-refractivity contribution < 1.29 is 48.5 Å². The second-order valence-corrected chi connectivity index (χ2v) is 12.8. The van der Waals surface area contributed by atoms with Crippen molar-refractivity contribution in [1.82, 2.24) is 9.97 Å². The van der Waals surface area contributed by atoms with Gasteiger partial charge < -0.3 is 41.0 Å². The lowest BCUT2D eigenvalue weighted by atomic mass is 10.1. The summed E-state index contributed by atoms with van der Waals surface area (Å²) in [6, 6.07) is 5.27. The predicted molar refractivity (Wildman–Crippen MR) is 187 cm³/mol. The summed E-state index contributed by atoms with van der Waals surface area (Å²) in [7, 11) is 0. The van der Waals surface area contributed by atoms with Crippen molar-refractivity contribution in [3.8, 4) is 44.1 Å². The number of carbonyl (C=O) groups is 6. The van der Waals surface area contributed by atoms with Gasteiger partial charge in [-0.2, -0.15) is 0 Å². The Morgan fingerprint density at radius 3 is 1.16 bits per heavy atom. The highest BCUT2D eigenvalue weighted by atomic mass is 32.1. The molecule has 0 aliphatic heterocycles. The Balaban J connectivity index is 1.85. The number of phenols is 2. The van der Waals surface area contributed by atoms with Crippen molar-refractivity contribution in [2.45, 2.75) is 41.5 Å². The van der Waals surface area contributed by atoms with Crippen LogP contribution >= 0.6 is 22.7 Å². The Morgan fingerprint density at radius 1 is 0.540 bits per heavy atom. The van der Waals surface area contributed by atoms with E-state index in [4.69, 9.17) is 19.4 Å². The predicted octanol–water partition coefficient (Wildman–Crippen LogP) is 5.34. The van der Waals surface area contributed by atoms with Crippen molar-refractivity contribution >= 4 is 101 Å². The van der Waals surface area contributed by atoms with Gasteiger partial charge in [-0.15, -0.1) is 22.7 Å². The highest BCUT2D eigenvalue weighted by Crippen LogP contribution is 2.52. The zero-order valence-electron chi connectivity index (χ0n) is 27.2. The maximum absolute atomic E-state index is 12.5. The quantitative estimate of drug-likeness (QED) is 0.0678. The van der Waals surface area contributed by atoms with Crippen LogP contribution in [-0.2, 0) is 28.8 Å². The van der Waals surface area contributed by atoms with Crippen molar-refractivity contribution in [1.29, 1.82) is 0 Å². The molecule has 6 N–H and O–H groups in total. The van der Waals surface area contributed by atoms with Crippen LogP contribution in [0.1, 0.15) is 41.5 Å². The lowest BCUT2D eigenvalue weighted by Gasteiger charge is -2.13. The topological polar surface area (TPSA) is 235 Å². The van der Waals surface area contributed by atoms with E-state index in [0.717, 1.165) is 22.7 Å². The lowest BCUT2D eigenvalue weighted by Crippen LogP contribution is -2.09. The van der Waals surface area contributed by atoms with E-state index in [1.807, 2.05) is 0 Å². The zero-order chi connectivity index (χ0) is 36.6. The lowest BCUT2D eigenvalue weighted by molar-refractivity contribution is -0.132. The molecule has 0 unspecified atom stereocenters. The van der Waals surface area contributed by atoms with Gasteiger partial charge in [-0.25, -0.2) is 9.97 Å². The number of aromatic hydroxyl groups is 2. The Kier molecular flexibility index (Phi) is 9.68. The number of rotatable bonds is 8. The summed E-state index contributed by atoms with van der Waals surface area (Å²) in [5, 5.41) is 31.8. The number of thiazole rings is 2. The Morgan fingerprint density at radius 2 is 0.860 bits per heavy atom. The number of nitrogens with one attached hydrogen (secondary N) is 4. The van der Waals surface area contributed by atoms with Gasteiger partial charge in [0.25, 0.3) is 0 Å². The number of hydrogen-bond acceptors (Lipinski definition) is 14. The van der Waals surface area contributed by atoms with Crippen LogP contribution in [-0.4, -0.2) is 55.7 Å². The van der Waals surface area contributed by atoms with Crippen LogP contribution in [0.4, 0.5) is 22.7 Å². The third-order valence-corrected chi connectivity index (χ3v) is 8.74. The molecule has 3 aromatic carbocycles. The number of hydrogen-bond donors (Lipinski definition) is 6. The minimum atomic E-state index is -0.717. The van der Waals surface area contributed by atoms with Crippen LogP contribution in [0.2, 0.25) is 0 Å². The molecule has 2 aromatic heterocycles. The number of phenolic OH excluding ortho intramolecular Hbond substituents is 2. The third kappa shape index (κ3) is 7.30. The zero-order valence-corrected chi connectivity index (χ0v) is 28.8. The minimum absolute atomic E-state index is 0.0241. The summed E-state index contributed by atoms with van der Waals surface area (Å²) in [4.78, 5) is 82.2. The molecule has 18 heteroatoms. The minimum Gasteiger partial charge on any atom is -0.506 e. The molecule has 5 aromatic rings. The molecule has 4 amide bonds. The van der Waals surface area contributed by atoms with Gasteiger partial charge in [-0.1, -0.05) is 0 Å². The van der Waals surface area contributed by atoms with Gasteiger partial charge in [0.1, 0.15) is 41.9 Å². The SMILES string of the molecule is CC(=O)Nc1cc(-c2nc3c(OC(C)=O)c4sc(-c5cc(NC(C)=O)c(O)cc5NC(C)=O)nc4c(OC(C)=O)c3s2)c(NC(C)=O)cc1O. The molecular formula is C32H28N6O10S2. The Bertz CT molecular complexity index is 2080. The number of nitrogens with zero attached hydrogens (tertiary/aromatic N) is 2. The fourth-order valence-corrected chi connectivity index (χ4v) is 7.02. The second-order valence-electron chi connectivity index (χ2n) is 10.8. The first kappa shape index (κ1) is 35.2. The molecule has 50 heavy (non-hydrogen) atoms. The molecule has 16 nitrogen and oxygen atoms in total. The van der Waals surface area contributed by atoms with E-state index in [1.165, 1.54) is 65.8 Å². The molecular weight excluding hydrogens is 693 g/mol. The van der Waals surface area contributed by atoms with E-state index in [-0.39, 0.29) is 87.3 Å². The number of esters is 2. The van der Waals surface area contributed by atoms with Crippen LogP contribution in [0.5, 0.6) is 23.0 Å². The first-order valence-electron chi connectivity index (χ1n) is 14.5. The largest absolute Gasteiger partial charge is 0.506 e. The highest BCUT2D eigenvalue weighted by molar-refractivity contribution is 7.24. The number of ether oxygens (including phenoxy) is 2.